The number of rotatable bonds is 2. The average Bonchev–Trinajstić information content (AvgIpc) is 2.83. The topological polar surface area (TPSA) is 60.5 Å². The highest BCUT2D eigenvalue weighted by molar-refractivity contribution is 7.10. The quantitative estimate of drug-likeness (QED) is 0.913. The van der Waals surface area contributed by atoms with E-state index in [2.05, 4.69) is 9.69 Å². The predicted molar refractivity (Wildman–Crippen MR) is 71.8 cm³/mol. The molecule has 0 fully saturated rings. The van der Waals surface area contributed by atoms with Crippen molar-refractivity contribution in [1.82, 2.24) is 4.37 Å². The molecule has 0 saturated heterocycles. The van der Waals surface area contributed by atoms with E-state index < -0.39 is 6.10 Å². The first kappa shape index (κ1) is 12.0. The monoisotopic (exact) mass is 276 g/mol. The van der Waals surface area contributed by atoms with Crippen molar-refractivity contribution >= 4 is 22.4 Å². The van der Waals surface area contributed by atoms with Gasteiger partial charge in [0, 0.05) is 0 Å². The number of amides is 1. The number of nitrogens with zero attached hydrogens (tertiary/aromatic N) is 1. The van der Waals surface area contributed by atoms with Gasteiger partial charge in [-0.2, -0.15) is 4.37 Å². The first-order valence-electron chi connectivity index (χ1n) is 5.85. The van der Waals surface area contributed by atoms with Crippen LogP contribution in [0.3, 0.4) is 0 Å². The van der Waals surface area contributed by atoms with Crippen molar-refractivity contribution in [3.05, 3.63) is 36.0 Å². The molecule has 0 radical (unpaired) electrons. The number of hydrogen-bond donors (Lipinski definition) is 1. The van der Waals surface area contributed by atoms with Crippen LogP contribution in [0.5, 0.6) is 11.5 Å². The number of fused-ring (bicyclic) bond motifs is 1. The highest BCUT2D eigenvalue weighted by Gasteiger charge is 2.27. The molecule has 2 aromatic rings. The smallest absolute Gasteiger partial charge is 0.269 e. The first-order valence-corrected chi connectivity index (χ1v) is 6.62. The van der Waals surface area contributed by atoms with Gasteiger partial charge >= 0.3 is 0 Å². The summed E-state index contributed by atoms with van der Waals surface area (Å²) in [6.45, 7) is 2.09. The fourth-order valence-corrected chi connectivity index (χ4v) is 2.44. The maximum atomic E-state index is 12.0. The van der Waals surface area contributed by atoms with Gasteiger partial charge in [-0.05, 0) is 36.7 Å². The Morgan fingerprint density at radius 2 is 2.21 bits per heavy atom. The molecule has 98 valence electrons. The van der Waals surface area contributed by atoms with E-state index in [4.69, 9.17) is 9.47 Å². The number of benzene rings is 1. The van der Waals surface area contributed by atoms with Crippen LogP contribution in [0.4, 0.5) is 5.00 Å². The van der Waals surface area contributed by atoms with Crippen molar-refractivity contribution in [3.63, 3.8) is 0 Å². The zero-order valence-electron chi connectivity index (χ0n) is 10.3. The Balaban J connectivity index is 1.69. The lowest BCUT2D eigenvalue weighted by Gasteiger charge is -2.25. The molecule has 1 N–H and O–H groups in total. The Hall–Kier alpha value is -2.08. The van der Waals surface area contributed by atoms with Gasteiger partial charge in [0.15, 0.2) is 11.5 Å². The highest BCUT2D eigenvalue weighted by atomic mass is 32.1. The highest BCUT2D eigenvalue weighted by Crippen LogP contribution is 2.31. The molecule has 0 saturated carbocycles. The molecular weight excluding hydrogens is 264 g/mol. The standard InChI is InChI=1S/C13H12N2O3S/c1-8-6-12(19-15-8)14-13(16)11-7-17-9-4-2-3-5-10(9)18-11/h2-6,11H,7H2,1H3,(H,14,16). The second-order valence-electron chi connectivity index (χ2n) is 4.19. The lowest BCUT2D eigenvalue weighted by atomic mass is 10.2. The number of hydrogen-bond acceptors (Lipinski definition) is 5. The molecule has 0 spiro atoms. The predicted octanol–water partition coefficient (Wildman–Crippen LogP) is 2.23. The lowest BCUT2D eigenvalue weighted by Crippen LogP contribution is -2.40. The Morgan fingerprint density at radius 1 is 1.42 bits per heavy atom. The summed E-state index contributed by atoms with van der Waals surface area (Å²) in [5, 5.41) is 3.49. The summed E-state index contributed by atoms with van der Waals surface area (Å²) < 4.78 is 15.2. The Morgan fingerprint density at radius 3 is 2.95 bits per heavy atom. The molecule has 1 aliphatic rings. The first-order chi connectivity index (χ1) is 9.22. The fraction of sp³-hybridized carbons (Fsp3) is 0.231. The number of para-hydroxylation sites is 2. The van der Waals surface area contributed by atoms with Crippen LogP contribution in [0, 0.1) is 6.92 Å². The van der Waals surface area contributed by atoms with E-state index in [1.807, 2.05) is 31.2 Å². The van der Waals surface area contributed by atoms with Crippen LogP contribution in [0.1, 0.15) is 5.69 Å². The molecule has 5 nitrogen and oxygen atoms in total. The van der Waals surface area contributed by atoms with Crippen LogP contribution in [-0.2, 0) is 4.79 Å². The molecule has 1 amide bonds. The number of carbonyl (C=O) groups excluding carboxylic acids is 1. The zero-order chi connectivity index (χ0) is 13.2. The van der Waals surface area contributed by atoms with Crippen LogP contribution in [-0.4, -0.2) is 23.0 Å². The van der Waals surface area contributed by atoms with Crippen molar-refractivity contribution in [2.75, 3.05) is 11.9 Å². The van der Waals surface area contributed by atoms with Gasteiger partial charge in [-0.25, -0.2) is 0 Å². The molecule has 0 bridgehead atoms. The minimum atomic E-state index is -0.641. The molecule has 0 aliphatic carbocycles. The summed E-state index contributed by atoms with van der Waals surface area (Å²) in [4.78, 5) is 12.0. The average molecular weight is 276 g/mol. The van der Waals surface area contributed by atoms with Gasteiger partial charge in [-0.15, -0.1) is 0 Å². The third-order valence-corrected chi connectivity index (χ3v) is 3.47. The van der Waals surface area contributed by atoms with Crippen LogP contribution in [0.15, 0.2) is 30.3 Å². The van der Waals surface area contributed by atoms with Gasteiger partial charge in [-0.1, -0.05) is 12.1 Å². The summed E-state index contributed by atoms with van der Waals surface area (Å²) in [7, 11) is 0. The van der Waals surface area contributed by atoms with E-state index in [9.17, 15) is 4.79 Å². The SMILES string of the molecule is Cc1cc(NC(=O)C2COc3ccccc3O2)sn1. The summed E-state index contributed by atoms with van der Waals surface area (Å²) in [5.41, 5.74) is 0.881. The number of ether oxygens (including phenoxy) is 2. The van der Waals surface area contributed by atoms with E-state index in [1.54, 1.807) is 6.07 Å². The third kappa shape index (κ3) is 2.53. The molecule has 1 aromatic heterocycles. The molecule has 19 heavy (non-hydrogen) atoms. The molecule has 3 rings (SSSR count). The van der Waals surface area contributed by atoms with Crippen LogP contribution < -0.4 is 14.8 Å². The number of nitrogens with one attached hydrogen (secondary N) is 1. The van der Waals surface area contributed by atoms with Gasteiger partial charge in [0.25, 0.3) is 5.91 Å². The van der Waals surface area contributed by atoms with Crippen LogP contribution in [0.2, 0.25) is 0 Å². The minimum Gasteiger partial charge on any atom is -0.485 e. The van der Waals surface area contributed by atoms with Crippen molar-refractivity contribution < 1.29 is 14.3 Å². The summed E-state index contributed by atoms with van der Waals surface area (Å²) in [6.07, 6.45) is -0.641. The van der Waals surface area contributed by atoms with Gasteiger partial charge in [0.1, 0.15) is 11.6 Å². The Labute approximate surface area is 114 Å². The van der Waals surface area contributed by atoms with E-state index in [0.29, 0.717) is 16.5 Å². The minimum absolute atomic E-state index is 0.209. The normalized spacial score (nSPS) is 17.0. The number of anilines is 1. The molecular formula is C13H12N2O3S. The van der Waals surface area contributed by atoms with Crippen molar-refractivity contribution in [1.29, 1.82) is 0 Å². The maximum absolute atomic E-state index is 12.0. The summed E-state index contributed by atoms with van der Waals surface area (Å²) in [6, 6.07) is 9.12. The lowest BCUT2D eigenvalue weighted by molar-refractivity contribution is -0.125. The zero-order valence-corrected chi connectivity index (χ0v) is 11.1. The van der Waals surface area contributed by atoms with Crippen molar-refractivity contribution in [3.8, 4) is 11.5 Å². The van der Waals surface area contributed by atoms with Gasteiger partial charge in [0.05, 0.1) is 5.69 Å². The second kappa shape index (κ2) is 4.89. The number of carbonyl (C=O) groups is 1. The van der Waals surface area contributed by atoms with Crippen LogP contribution >= 0.6 is 11.5 Å². The van der Waals surface area contributed by atoms with Crippen LogP contribution in [0.25, 0.3) is 0 Å². The molecule has 2 heterocycles. The van der Waals surface area contributed by atoms with Gasteiger partial charge < -0.3 is 14.8 Å². The largest absolute Gasteiger partial charge is 0.485 e. The number of aromatic nitrogens is 1. The van der Waals surface area contributed by atoms with Gasteiger partial charge in [-0.3, -0.25) is 4.79 Å². The van der Waals surface area contributed by atoms with Gasteiger partial charge in [0.2, 0.25) is 6.10 Å². The van der Waals surface area contributed by atoms with E-state index in [1.165, 1.54) is 11.5 Å². The summed E-state index contributed by atoms with van der Waals surface area (Å²) in [5.74, 6) is 1.03. The van der Waals surface area contributed by atoms with Crippen molar-refractivity contribution in [2.45, 2.75) is 13.0 Å². The fourth-order valence-electron chi connectivity index (χ4n) is 1.77. The number of aryl methyl sites for hydroxylation is 1. The van der Waals surface area contributed by atoms with E-state index in [0.717, 1.165) is 5.69 Å². The third-order valence-electron chi connectivity index (χ3n) is 2.68. The van der Waals surface area contributed by atoms with Crippen molar-refractivity contribution in [2.24, 2.45) is 0 Å². The molecule has 1 unspecified atom stereocenters. The second-order valence-corrected chi connectivity index (χ2v) is 4.99. The summed E-state index contributed by atoms with van der Waals surface area (Å²) >= 11 is 1.25. The molecule has 1 aromatic carbocycles. The Bertz CT molecular complexity index is 611. The molecule has 1 aliphatic heterocycles. The Kier molecular flexibility index (Phi) is 3.08. The maximum Gasteiger partial charge on any atom is 0.269 e. The van der Waals surface area contributed by atoms with E-state index >= 15 is 0 Å². The molecule has 1 atom stereocenters. The molecule has 6 heteroatoms. The van der Waals surface area contributed by atoms with E-state index in [-0.39, 0.29) is 12.5 Å².